The maximum absolute atomic E-state index is 4.58. The Labute approximate surface area is 328 Å². The van der Waals surface area contributed by atoms with Gasteiger partial charge >= 0.3 is 29.2 Å². The van der Waals surface area contributed by atoms with Gasteiger partial charge < -0.3 is 30.3 Å². The summed E-state index contributed by atoms with van der Waals surface area (Å²) in [4.78, 5) is 0. The molecule has 0 saturated carbocycles. The van der Waals surface area contributed by atoms with Gasteiger partial charge in [-0.15, -0.1) is 0 Å². The topological polar surface area (TPSA) is 49.1 Å². The van der Waals surface area contributed by atoms with Gasteiger partial charge in [-0.3, -0.25) is 0 Å². The molecule has 5 nitrogen and oxygen atoms in total. The van der Waals surface area contributed by atoms with Crippen molar-refractivity contribution in [2.24, 2.45) is 0 Å². The Bertz CT molecular complexity index is 1850. The molecule has 0 aliphatic rings. The van der Waals surface area contributed by atoms with Crippen molar-refractivity contribution in [2.75, 3.05) is 0 Å². The number of fused-ring (bicyclic) bond motifs is 2. The Hall–Kier alpha value is -4.17. The molecule has 0 bridgehead atoms. The summed E-state index contributed by atoms with van der Waals surface area (Å²) in [6.45, 7) is 3.57. The van der Waals surface area contributed by atoms with Gasteiger partial charge in [-0.05, 0) is 46.5 Å². The molecule has 2 N–H and O–H groups in total. The van der Waals surface area contributed by atoms with Crippen molar-refractivity contribution in [2.45, 2.75) is 26.2 Å². The zero-order chi connectivity index (χ0) is 33.0. The number of hydrogen-bond acceptors (Lipinski definition) is 0. The fraction of sp³-hybridized carbons (Fsp3) is 0.0952. The Kier molecular flexibility index (Phi) is 17.2. The third-order valence-corrected chi connectivity index (χ3v) is 8.34. The van der Waals surface area contributed by atoms with Crippen LogP contribution in [0.15, 0.2) is 183 Å². The molecule has 0 fully saturated rings. The molecule has 6 aromatic carbocycles. The average molecular weight is 920 g/mol. The number of para-hydroxylation sites is 4. The van der Waals surface area contributed by atoms with E-state index in [-0.39, 0.29) is 30.3 Å². The largest absolute Gasteiger partial charge is 0.245 e. The van der Waals surface area contributed by atoms with Gasteiger partial charge in [0.25, 0.3) is 0 Å². The molecule has 0 unspecified atom stereocenters. The van der Waals surface area contributed by atoms with Gasteiger partial charge in [0, 0.05) is 0 Å². The predicted octanol–water partition coefficient (Wildman–Crippen LogP) is 1.92. The summed E-state index contributed by atoms with van der Waals surface area (Å²) >= 11 is 1.75. The van der Waals surface area contributed by atoms with E-state index in [2.05, 4.69) is 210 Å². The first-order valence-electron chi connectivity index (χ1n) is 16.0. The minimum absolute atomic E-state index is 0. The van der Waals surface area contributed by atoms with Gasteiger partial charge in [0.1, 0.15) is 26.2 Å². The van der Waals surface area contributed by atoms with Crippen LogP contribution < -0.4 is 33.9 Å². The Morgan fingerprint density at radius 1 is 0.392 bits per heavy atom. The van der Waals surface area contributed by atoms with Crippen LogP contribution in [0.1, 0.15) is 22.3 Å². The molecule has 0 atom stereocenters. The first-order valence-corrected chi connectivity index (χ1v) is 18.7. The van der Waals surface area contributed by atoms with Gasteiger partial charge in [-0.1, -0.05) is 146 Å². The second-order valence-corrected chi connectivity index (χ2v) is 11.7. The van der Waals surface area contributed by atoms with Crippen LogP contribution in [0.25, 0.3) is 22.1 Å². The SMILES string of the molecule is O.[Cl-].[Cl-].[Cl][Au].c1ccc(Cn2c[n+](Cc3ccccc3)c3ccccc32)cc1.c1ccc(Cn2c[n+](Cc3ccccc3)c3ccccc32)cc1. The minimum Gasteiger partial charge on any atom is -0.226 e. The summed E-state index contributed by atoms with van der Waals surface area (Å²) < 4.78 is 9.31. The Balaban J connectivity index is 0.000000249. The molecule has 8 rings (SSSR count). The van der Waals surface area contributed by atoms with Crippen molar-refractivity contribution in [3.63, 3.8) is 0 Å². The molecular formula is C42H40AuCl3N4O. The second-order valence-electron chi connectivity index (χ2n) is 11.7. The van der Waals surface area contributed by atoms with Crippen LogP contribution in [0.3, 0.4) is 0 Å². The molecule has 0 aliphatic heterocycles. The average Bonchev–Trinajstić information content (AvgIpc) is 3.68. The molecule has 51 heavy (non-hydrogen) atoms. The van der Waals surface area contributed by atoms with Gasteiger partial charge in [0.15, 0.2) is 22.1 Å². The van der Waals surface area contributed by atoms with E-state index in [1.54, 1.807) is 20.0 Å². The van der Waals surface area contributed by atoms with Crippen LogP contribution in [-0.4, -0.2) is 14.6 Å². The smallest absolute Gasteiger partial charge is 0.226 e. The molecule has 266 valence electrons. The zero-order valence-corrected chi connectivity index (χ0v) is 32.3. The normalized spacial score (nSPS) is 10.0. The second kappa shape index (κ2) is 21.3. The molecule has 9 heteroatoms. The summed E-state index contributed by atoms with van der Waals surface area (Å²) in [5.41, 5.74) is 10.4. The predicted molar refractivity (Wildman–Crippen MR) is 196 cm³/mol. The molecule has 0 saturated heterocycles. The summed E-state index contributed by atoms with van der Waals surface area (Å²) in [6, 6.07) is 59.6. The first kappa shape index (κ1) is 41.3. The summed E-state index contributed by atoms with van der Waals surface area (Å²) in [6.07, 6.45) is 4.45. The number of imidazole rings is 2. The van der Waals surface area contributed by atoms with Crippen molar-refractivity contribution in [3.8, 4) is 0 Å². The van der Waals surface area contributed by atoms with Crippen LogP contribution in [-0.2, 0) is 46.2 Å². The number of hydrogen-bond donors (Lipinski definition) is 0. The van der Waals surface area contributed by atoms with E-state index in [4.69, 9.17) is 0 Å². The third kappa shape index (κ3) is 10.9. The third-order valence-electron chi connectivity index (χ3n) is 8.34. The van der Waals surface area contributed by atoms with Gasteiger partial charge in [0.05, 0.1) is 0 Å². The van der Waals surface area contributed by atoms with Gasteiger partial charge in [-0.2, -0.15) is 0 Å². The van der Waals surface area contributed by atoms with Crippen LogP contribution >= 0.6 is 9.19 Å². The molecule has 0 spiro atoms. The van der Waals surface area contributed by atoms with E-state index in [9.17, 15) is 0 Å². The maximum Gasteiger partial charge on any atom is 0.245 e. The van der Waals surface area contributed by atoms with Gasteiger partial charge in [0.2, 0.25) is 12.7 Å². The van der Waals surface area contributed by atoms with Crippen molar-refractivity contribution in [3.05, 3.63) is 205 Å². The van der Waals surface area contributed by atoms with Crippen molar-refractivity contribution >= 4 is 31.3 Å². The molecule has 2 aromatic heterocycles. The number of nitrogens with zero attached hydrogens (tertiary/aromatic N) is 4. The van der Waals surface area contributed by atoms with E-state index >= 15 is 0 Å². The number of benzene rings is 6. The molecule has 0 radical (unpaired) electrons. The van der Waals surface area contributed by atoms with Gasteiger partial charge in [-0.25, -0.2) is 18.3 Å². The molecule has 2 heterocycles. The Morgan fingerprint density at radius 3 is 1.00 bits per heavy atom. The fourth-order valence-electron chi connectivity index (χ4n) is 6.11. The number of rotatable bonds is 8. The number of aromatic nitrogens is 4. The van der Waals surface area contributed by atoms with Crippen LogP contribution in [0.4, 0.5) is 0 Å². The molecule has 8 aromatic rings. The van der Waals surface area contributed by atoms with E-state index in [0.29, 0.717) is 0 Å². The van der Waals surface area contributed by atoms with Crippen molar-refractivity contribution < 1.29 is 59.4 Å². The molecule has 0 aliphatic carbocycles. The van der Waals surface area contributed by atoms with Crippen molar-refractivity contribution in [1.82, 2.24) is 9.13 Å². The number of halogens is 3. The van der Waals surface area contributed by atoms with E-state index in [1.165, 1.54) is 44.3 Å². The van der Waals surface area contributed by atoms with Crippen LogP contribution in [0, 0.1) is 0 Å². The minimum atomic E-state index is 0. The quantitative estimate of drug-likeness (QED) is 0.166. The summed E-state index contributed by atoms with van der Waals surface area (Å²) in [7, 11) is 4.58. The van der Waals surface area contributed by atoms with E-state index in [0.717, 1.165) is 26.2 Å². The molecular weight excluding hydrogens is 880 g/mol. The monoisotopic (exact) mass is 918 g/mol. The fourth-order valence-corrected chi connectivity index (χ4v) is 6.11. The molecule has 0 amide bonds. The van der Waals surface area contributed by atoms with Crippen LogP contribution in [0.5, 0.6) is 0 Å². The van der Waals surface area contributed by atoms with E-state index in [1.807, 2.05) is 0 Å². The van der Waals surface area contributed by atoms with E-state index < -0.39 is 0 Å². The summed E-state index contributed by atoms with van der Waals surface area (Å²) in [5.74, 6) is 0. The van der Waals surface area contributed by atoms with Crippen LogP contribution in [0.2, 0.25) is 0 Å². The zero-order valence-electron chi connectivity index (χ0n) is 27.9. The first-order chi connectivity index (χ1) is 23.8. The summed E-state index contributed by atoms with van der Waals surface area (Å²) in [5, 5.41) is 0. The standard InChI is InChI=1S/2C21H19N2.Au.3ClH.H2O/c2*1-3-9-18(10-4-1)15-22-17-23(16-19-11-5-2-6-12-19)21-14-8-7-13-20(21)22;;;;;/h2*1-14,17H,15-16H2;;3*1H;1H2/q3*+1;;;;/p-3. The Morgan fingerprint density at radius 2 is 0.667 bits per heavy atom. The maximum atomic E-state index is 4.58. The van der Waals surface area contributed by atoms with Crippen molar-refractivity contribution in [1.29, 1.82) is 0 Å².